The van der Waals surface area contributed by atoms with Crippen LogP contribution in [0.4, 0.5) is 0 Å². The SMILES string of the molecule is CSCCC(NC(=O)C(CCCN=C(N)N)NC(=O)C(NC(=O)C(N)CCCCN)C(C)C)C(=O)O. The zero-order valence-corrected chi connectivity index (χ0v) is 22.3. The number of hydrogen-bond donors (Lipinski definition) is 8. The number of carboxylic acid groups (broad SMARTS) is 1. The van der Waals surface area contributed by atoms with Gasteiger partial charge in [0, 0.05) is 6.54 Å². The Balaban J connectivity index is 5.46. The number of carbonyl (C=O) groups is 4. The van der Waals surface area contributed by atoms with E-state index in [0.717, 1.165) is 6.42 Å². The molecule has 14 heteroatoms. The minimum atomic E-state index is -1.17. The van der Waals surface area contributed by atoms with Gasteiger partial charge in [-0.15, -0.1) is 0 Å². The molecule has 3 amide bonds. The smallest absolute Gasteiger partial charge is 0.326 e. The van der Waals surface area contributed by atoms with Crippen molar-refractivity contribution >= 4 is 41.4 Å². The van der Waals surface area contributed by atoms with Gasteiger partial charge in [-0.25, -0.2) is 4.79 Å². The Kier molecular flexibility index (Phi) is 17.3. The first-order valence-corrected chi connectivity index (χ1v) is 13.5. The number of nitrogens with two attached hydrogens (primary N) is 4. The summed E-state index contributed by atoms with van der Waals surface area (Å²) in [4.78, 5) is 54.0. The molecule has 0 saturated carbocycles. The average molecular weight is 533 g/mol. The lowest BCUT2D eigenvalue weighted by molar-refractivity contribution is -0.142. The topological polar surface area (TPSA) is 241 Å². The van der Waals surface area contributed by atoms with Crippen LogP contribution < -0.4 is 38.9 Å². The Labute approximate surface area is 217 Å². The Hall–Kier alpha value is -2.58. The molecule has 208 valence electrons. The van der Waals surface area contributed by atoms with Crippen LogP contribution in [0.15, 0.2) is 4.99 Å². The average Bonchev–Trinajstić information content (AvgIpc) is 2.80. The van der Waals surface area contributed by atoms with E-state index >= 15 is 0 Å². The summed E-state index contributed by atoms with van der Waals surface area (Å²) in [7, 11) is 0. The van der Waals surface area contributed by atoms with Crippen molar-refractivity contribution in [2.45, 2.75) is 76.5 Å². The summed E-state index contributed by atoms with van der Waals surface area (Å²) >= 11 is 1.45. The molecule has 0 rings (SSSR count). The van der Waals surface area contributed by atoms with E-state index in [-0.39, 0.29) is 31.3 Å². The summed E-state index contributed by atoms with van der Waals surface area (Å²) in [5.74, 6) is -2.74. The van der Waals surface area contributed by atoms with Gasteiger partial charge in [0.1, 0.15) is 18.1 Å². The normalized spacial score (nSPS) is 14.3. The Morgan fingerprint density at radius 3 is 2.06 bits per heavy atom. The zero-order chi connectivity index (χ0) is 27.7. The van der Waals surface area contributed by atoms with Gasteiger partial charge < -0.3 is 44.0 Å². The minimum Gasteiger partial charge on any atom is -0.480 e. The van der Waals surface area contributed by atoms with E-state index in [2.05, 4.69) is 20.9 Å². The van der Waals surface area contributed by atoms with Crippen LogP contribution in [0.25, 0.3) is 0 Å². The number of carbonyl (C=O) groups excluding carboxylic acids is 3. The van der Waals surface area contributed by atoms with Crippen LogP contribution >= 0.6 is 11.8 Å². The lowest BCUT2D eigenvalue weighted by Crippen LogP contribution is -2.58. The van der Waals surface area contributed by atoms with E-state index in [4.69, 9.17) is 22.9 Å². The van der Waals surface area contributed by atoms with E-state index in [0.29, 0.717) is 31.6 Å². The molecular weight excluding hydrogens is 488 g/mol. The fourth-order valence-electron chi connectivity index (χ4n) is 3.23. The molecule has 4 unspecified atom stereocenters. The second-order valence-electron chi connectivity index (χ2n) is 8.81. The molecule has 0 fully saturated rings. The fraction of sp³-hybridized carbons (Fsp3) is 0.773. The van der Waals surface area contributed by atoms with Gasteiger partial charge in [-0.2, -0.15) is 11.8 Å². The fourth-order valence-corrected chi connectivity index (χ4v) is 3.71. The summed E-state index contributed by atoms with van der Waals surface area (Å²) in [5.41, 5.74) is 22.1. The molecule has 0 bridgehead atoms. The van der Waals surface area contributed by atoms with Crippen molar-refractivity contribution in [2.24, 2.45) is 33.8 Å². The molecule has 0 heterocycles. The molecule has 0 aliphatic carbocycles. The van der Waals surface area contributed by atoms with E-state index in [9.17, 15) is 24.3 Å². The Bertz CT molecular complexity index is 733. The molecule has 0 aliphatic heterocycles. The molecule has 0 aromatic heterocycles. The summed E-state index contributed by atoms with van der Waals surface area (Å²) < 4.78 is 0. The van der Waals surface area contributed by atoms with E-state index in [1.165, 1.54) is 11.8 Å². The third-order valence-electron chi connectivity index (χ3n) is 5.36. The third-order valence-corrected chi connectivity index (χ3v) is 6.00. The maximum Gasteiger partial charge on any atom is 0.326 e. The van der Waals surface area contributed by atoms with Gasteiger partial charge in [-0.3, -0.25) is 19.4 Å². The number of hydrogen-bond acceptors (Lipinski definition) is 8. The molecule has 4 atom stereocenters. The number of aliphatic imine (C=N–C) groups is 1. The number of amides is 3. The van der Waals surface area contributed by atoms with Crippen LogP contribution in [0.5, 0.6) is 0 Å². The van der Waals surface area contributed by atoms with E-state index in [1.807, 2.05) is 6.26 Å². The molecule has 0 aromatic carbocycles. The molecule has 0 saturated heterocycles. The van der Waals surface area contributed by atoms with Crippen LogP contribution in [0.1, 0.15) is 52.4 Å². The zero-order valence-electron chi connectivity index (χ0n) is 21.5. The highest BCUT2D eigenvalue weighted by Gasteiger charge is 2.31. The van der Waals surface area contributed by atoms with Crippen molar-refractivity contribution in [1.82, 2.24) is 16.0 Å². The van der Waals surface area contributed by atoms with Gasteiger partial charge in [0.2, 0.25) is 17.7 Å². The molecular formula is C22H44N8O5S. The molecule has 0 aliphatic rings. The summed E-state index contributed by atoms with van der Waals surface area (Å²) in [6.07, 6.45) is 4.41. The Morgan fingerprint density at radius 2 is 1.53 bits per heavy atom. The first-order valence-electron chi connectivity index (χ1n) is 12.1. The van der Waals surface area contributed by atoms with Gasteiger partial charge in [0.05, 0.1) is 6.04 Å². The minimum absolute atomic E-state index is 0.103. The number of nitrogens with one attached hydrogen (secondary N) is 3. The lowest BCUT2D eigenvalue weighted by atomic mass is 10.0. The highest BCUT2D eigenvalue weighted by Crippen LogP contribution is 2.08. The second kappa shape index (κ2) is 18.7. The van der Waals surface area contributed by atoms with E-state index < -0.39 is 47.9 Å². The van der Waals surface area contributed by atoms with Crippen molar-refractivity contribution < 1.29 is 24.3 Å². The quantitative estimate of drug-likeness (QED) is 0.0540. The van der Waals surface area contributed by atoms with Crippen LogP contribution in [0.3, 0.4) is 0 Å². The van der Waals surface area contributed by atoms with Crippen LogP contribution in [0.2, 0.25) is 0 Å². The molecule has 0 radical (unpaired) electrons. The highest BCUT2D eigenvalue weighted by atomic mass is 32.2. The predicted molar refractivity (Wildman–Crippen MR) is 142 cm³/mol. The predicted octanol–water partition coefficient (Wildman–Crippen LogP) is -1.56. The number of guanidine groups is 1. The molecule has 36 heavy (non-hydrogen) atoms. The number of unbranched alkanes of at least 4 members (excludes halogenated alkanes) is 1. The second-order valence-corrected chi connectivity index (χ2v) is 9.80. The summed E-state index contributed by atoms with van der Waals surface area (Å²) in [5, 5.41) is 17.3. The number of aliphatic carboxylic acids is 1. The van der Waals surface area contributed by atoms with Crippen molar-refractivity contribution in [3.63, 3.8) is 0 Å². The summed E-state index contributed by atoms with van der Waals surface area (Å²) in [6, 6.07) is -3.90. The number of nitrogens with zero attached hydrogens (tertiary/aromatic N) is 1. The number of carboxylic acids is 1. The molecule has 12 N–H and O–H groups in total. The Morgan fingerprint density at radius 1 is 0.889 bits per heavy atom. The van der Waals surface area contributed by atoms with Gasteiger partial charge in [0.15, 0.2) is 5.96 Å². The molecule has 0 aromatic rings. The standard InChI is InChI=1S/C22H44N8O5S/c1-13(2)17(30-18(31)14(24)7-4-5-10-23)20(33)28-15(8-6-11-27-22(25)26)19(32)29-16(21(34)35)9-12-36-3/h13-17H,4-12,23-24H2,1-3H3,(H,28,33)(H,29,32)(H,30,31)(H,34,35)(H4,25,26,27). The van der Waals surface area contributed by atoms with E-state index in [1.54, 1.807) is 13.8 Å². The first-order chi connectivity index (χ1) is 16.9. The monoisotopic (exact) mass is 532 g/mol. The highest BCUT2D eigenvalue weighted by molar-refractivity contribution is 7.98. The largest absolute Gasteiger partial charge is 0.480 e. The lowest BCUT2D eigenvalue weighted by Gasteiger charge is -2.27. The van der Waals surface area contributed by atoms with Crippen LogP contribution in [-0.2, 0) is 19.2 Å². The van der Waals surface area contributed by atoms with Crippen molar-refractivity contribution in [3.8, 4) is 0 Å². The van der Waals surface area contributed by atoms with Crippen LogP contribution in [-0.4, -0.2) is 84.0 Å². The maximum atomic E-state index is 13.1. The van der Waals surface area contributed by atoms with Gasteiger partial charge in [-0.05, 0) is 56.6 Å². The first kappa shape index (κ1) is 33.4. The third kappa shape index (κ3) is 14.1. The van der Waals surface area contributed by atoms with Crippen LogP contribution in [0, 0.1) is 5.92 Å². The number of rotatable bonds is 19. The maximum absolute atomic E-state index is 13.1. The van der Waals surface area contributed by atoms with Gasteiger partial charge in [0.25, 0.3) is 0 Å². The van der Waals surface area contributed by atoms with Crippen molar-refractivity contribution in [1.29, 1.82) is 0 Å². The number of thioether (sulfide) groups is 1. The summed E-state index contributed by atoms with van der Waals surface area (Å²) in [6.45, 7) is 4.22. The van der Waals surface area contributed by atoms with Crippen molar-refractivity contribution in [3.05, 3.63) is 0 Å². The van der Waals surface area contributed by atoms with Crippen molar-refractivity contribution in [2.75, 3.05) is 25.1 Å². The molecule has 13 nitrogen and oxygen atoms in total. The van der Waals surface area contributed by atoms with Gasteiger partial charge >= 0.3 is 5.97 Å². The molecule has 0 spiro atoms. The van der Waals surface area contributed by atoms with Gasteiger partial charge in [-0.1, -0.05) is 20.3 Å².